The van der Waals surface area contributed by atoms with Gasteiger partial charge in [-0.05, 0) is 65.5 Å². The summed E-state index contributed by atoms with van der Waals surface area (Å²) >= 11 is 0. The number of nitrogens with zero attached hydrogens (tertiary/aromatic N) is 1. The highest BCUT2D eigenvalue weighted by molar-refractivity contribution is 6.13. The predicted octanol–water partition coefficient (Wildman–Crippen LogP) is 5.58. The number of fused-ring (bicyclic) bond motifs is 1. The van der Waals surface area contributed by atoms with E-state index in [1.165, 1.54) is 33.7 Å². The first-order valence-corrected chi connectivity index (χ1v) is 10.8. The summed E-state index contributed by atoms with van der Waals surface area (Å²) in [6.07, 6.45) is 6.91. The van der Waals surface area contributed by atoms with Gasteiger partial charge in [0.05, 0.1) is 6.04 Å². The molecule has 0 unspecified atom stereocenters. The summed E-state index contributed by atoms with van der Waals surface area (Å²) in [6, 6.07) is 6.64. The quantitative estimate of drug-likeness (QED) is 0.578. The molecule has 0 bridgehead atoms. The lowest BCUT2D eigenvalue weighted by Gasteiger charge is -2.35. The van der Waals surface area contributed by atoms with Crippen molar-refractivity contribution in [3.63, 3.8) is 0 Å². The van der Waals surface area contributed by atoms with Crippen LogP contribution in [0, 0.1) is 17.8 Å². The van der Waals surface area contributed by atoms with E-state index in [1.807, 2.05) is 0 Å². The summed E-state index contributed by atoms with van der Waals surface area (Å²) in [7, 11) is 0. The normalized spacial score (nSPS) is 20.9. The van der Waals surface area contributed by atoms with Crippen LogP contribution in [0.3, 0.4) is 0 Å². The number of rotatable bonds is 7. The lowest BCUT2D eigenvalue weighted by atomic mass is 9.70. The molecule has 0 fully saturated rings. The molecule has 1 aliphatic carbocycles. The highest BCUT2D eigenvalue weighted by Gasteiger charge is 2.48. The molecule has 3 nitrogen and oxygen atoms in total. The Balaban J connectivity index is 2.11. The molecule has 0 radical (unpaired) electrons. The lowest BCUT2D eigenvalue weighted by Crippen LogP contribution is -2.35. The van der Waals surface area contributed by atoms with Crippen LogP contribution in [-0.4, -0.2) is 16.7 Å². The molecule has 0 spiro atoms. The number of hydrogen-bond donors (Lipinski definition) is 0. The third kappa shape index (κ3) is 3.94. The molecule has 1 atom stereocenters. The highest BCUT2D eigenvalue weighted by Crippen LogP contribution is 2.54. The Morgan fingerprint density at radius 2 is 1.50 bits per heavy atom. The van der Waals surface area contributed by atoms with E-state index in [9.17, 15) is 9.59 Å². The zero-order valence-corrected chi connectivity index (χ0v) is 18.3. The lowest BCUT2D eigenvalue weighted by molar-refractivity contribution is -0.139. The molecule has 1 heterocycles. The van der Waals surface area contributed by atoms with Crippen molar-refractivity contribution < 1.29 is 9.59 Å². The van der Waals surface area contributed by atoms with Crippen LogP contribution in [0.5, 0.6) is 0 Å². The van der Waals surface area contributed by atoms with Gasteiger partial charge in [-0.25, -0.2) is 0 Å². The van der Waals surface area contributed by atoms with Gasteiger partial charge in [0.1, 0.15) is 0 Å². The number of carbonyl (C=O) groups excluding carboxylic acids is 2. The van der Waals surface area contributed by atoms with Gasteiger partial charge in [0.2, 0.25) is 0 Å². The summed E-state index contributed by atoms with van der Waals surface area (Å²) < 4.78 is 0. The largest absolute Gasteiger partial charge is 0.269 e. The SMILES string of the molecule is CC(C)Cc1ccc2c(c1)C(CC(C)C)(CC(C)C)C[C@@H]2N1C(=O)C=CC1=O. The van der Waals surface area contributed by atoms with E-state index >= 15 is 0 Å². The van der Waals surface area contributed by atoms with Crippen molar-refractivity contribution in [2.24, 2.45) is 17.8 Å². The Hall–Kier alpha value is -1.90. The minimum atomic E-state index is -0.169. The van der Waals surface area contributed by atoms with Gasteiger partial charge in [0.15, 0.2) is 0 Å². The highest BCUT2D eigenvalue weighted by atomic mass is 16.2. The van der Waals surface area contributed by atoms with Crippen LogP contribution < -0.4 is 0 Å². The first-order valence-electron chi connectivity index (χ1n) is 10.8. The van der Waals surface area contributed by atoms with E-state index in [4.69, 9.17) is 0 Å². The van der Waals surface area contributed by atoms with Crippen LogP contribution in [0.2, 0.25) is 0 Å². The van der Waals surface area contributed by atoms with E-state index in [0.29, 0.717) is 17.8 Å². The number of hydrogen-bond acceptors (Lipinski definition) is 2. The molecule has 1 aromatic rings. The van der Waals surface area contributed by atoms with Crippen molar-refractivity contribution in [1.29, 1.82) is 0 Å². The molecule has 0 saturated carbocycles. The first kappa shape index (κ1) is 20.8. The number of carbonyl (C=O) groups is 2. The van der Waals surface area contributed by atoms with E-state index in [0.717, 1.165) is 25.7 Å². The van der Waals surface area contributed by atoms with Gasteiger partial charge in [-0.15, -0.1) is 0 Å². The average Bonchev–Trinajstić information content (AvgIpc) is 3.03. The second-order valence-corrected chi connectivity index (χ2v) is 10.1. The maximum absolute atomic E-state index is 12.5. The van der Waals surface area contributed by atoms with Crippen LogP contribution in [0.15, 0.2) is 30.4 Å². The van der Waals surface area contributed by atoms with Crippen molar-refractivity contribution in [2.75, 3.05) is 0 Å². The van der Waals surface area contributed by atoms with Gasteiger partial charge >= 0.3 is 0 Å². The van der Waals surface area contributed by atoms with Crippen LogP contribution in [-0.2, 0) is 21.4 Å². The van der Waals surface area contributed by atoms with Crippen LogP contribution in [0.1, 0.15) is 83.5 Å². The average molecular weight is 382 g/mol. The molecule has 0 saturated heterocycles. The number of benzene rings is 1. The van der Waals surface area contributed by atoms with Crippen molar-refractivity contribution in [1.82, 2.24) is 4.90 Å². The standard InChI is InChI=1S/C25H35NO2/c1-16(2)11-19-7-8-20-21(12-19)25(13-17(3)4,14-18(5)6)15-22(20)26-23(27)9-10-24(26)28/h7-10,12,16-18,22H,11,13-15H2,1-6H3/t22-/m0/s1. The molecule has 28 heavy (non-hydrogen) atoms. The van der Waals surface area contributed by atoms with Crippen LogP contribution >= 0.6 is 0 Å². The van der Waals surface area contributed by atoms with E-state index < -0.39 is 0 Å². The second kappa shape index (κ2) is 7.85. The van der Waals surface area contributed by atoms with E-state index in [1.54, 1.807) is 0 Å². The smallest absolute Gasteiger partial charge is 0.254 e. The number of amides is 2. The summed E-state index contributed by atoms with van der Waals surface area (Å²) in [6.45, 7) is 13.6. The Morgan fingerprint density at radius 3 is 2.00 bits per heavy atom. The Kier molecular flexibility index (Phi) is 5.84. The molecule has 1 aromatic carbocycles. The fraction of sp³-hybridized carbons (Fsp3) is 0.600. The molecular formula is C25H35NO2. The zero-order chi connectivity index (χ0) is 20.6. The Bertz CT molecular complexity index is 760. The van der Waals surface area contributed by atoms with Crippen molar-refractivity contribution in [2.45, 2.75) is 78.7 Å². The topological polar surface area (TPSA) is 37.4 Å². The minimum absolute atomic E-state index is 0.0263. The maximum atomic E-state index is 12.5. The zero-order valence-electron chi connectivity index (χ0n) is 18.3. The molecule has 2 aliphatic rings. The fourth-order valence-corrected chi connectivity index (χ4v) is 5.52. The predicted molar refractivity (Wildman–Crippen MR) is 114 cm³/mol. The van der Waals surface area contributed by atoms with Crippen molar-refractivity contribution in [3.05, 3.63) is 47.0 Å². The van der Waals surface area contributed by atoms with Crippen LogP contribution in [0.25, 0.3) is 0 Å². The molecule has 152 valence electrons. The molecule has 3 rings (SSSR count). The second-order valence-electron chi connectivity index (χ2n) is 10.1. The first-order chi connectivity index (χ1) is 13.1. The van der Waals surface area contributed by atoms with Gasteiger partial charge in [0, 0.05) is 12.2 Å². The molecule has 0 N–H and O–H groups in total. The van der Waals surface area contributed by atoms with Crippen molar-refractivity contribution in [3.8, 4) is 0 Å². The molecular weight excluding hydrogens is 346 g/mol. The Labute approximate surface area is 170 Å². The molecule has 3 heteroatoms. The monoisotopic (exact) mass is 381 g/mol. The Morgan fingerprint density at radius 1 is 0.929 bits per heavy atom. The van der Waals surface area contributed by atoms with E-state index in [-0.39, 0.29) is 23.3 Å². The minimum Gasteiger partial charge on any atom is -0.269 e. The summed E-state index contributed by atoms with van der Waals surface area (Å²) in [5.41, 5.74) is 3.95. The molecule has 1 aliphatic heterocycles. The summed E-state index contributed by atoms with van der Waals surface area (Å²) in [4.78, 5) is 26.4. The van der Waals surface area contributed by atoms with Gasteiger partial charge in [-0.3, -0.25) is 14.5 Å². The van der Waals surface area contributed by atoms with Gasteiger partial charge in [-0.1, -0.05) is 59.7 Å². The van der Waals surface area contributed by atoms with E-state index in [2.05, 4.69) is 59.7 Å². The van der Waals surface area contributed by atoms with Crippen molar-refractivity contribution >= 4 is 11.8 Å². The van der Waals surface area contributed by atoms with Gasteiger partial charge in [0.25, 0.3) is 11.8 Å². The van der Waals surface area contributed by atoms with Crippen LogP contribution in [0.4, 0.5) is 0 Å². The van der Waals surface area contributed by atoms with Gasteiger partial charge in [-0.2, -0.15) is 0 Å². The number of imide groups is 1. The van der Waals surface area contributed by atoms with Gasteiger partial charge < -0.3 is 0 Å². The summed E-state index contributed by atoms with van der Waals surface area (Å²) in [5.74, 6) is 1.38. The third-order valence-corrected chi connectivity index (χ3v) is 6.03. The summed E-state index contributed by atoms with van der Waals surface area (Å²) in [5, 5.41) is 0. The third-order valence-electron chi connectivity index (χ3n) is 6.03. The maximum Gasteiger partial charge on any atom is 0.254 e. The fourth-order valence-electron chi connectivity index (χ4n) is 5.52. The molecule has 2 amide bonds. The molecule has 0 aromatic heterocycles.